The number of rotatable bonds is 4. The van der Waals surface area contributed by atoms with Crippen LogP contribution in [-0.4, -0.2) is 46.3 Å². The summed E-state index contributed by atoms with van der Waals surface area (Å²) in [4.78, 5) is 15.2. The van der Waals surface area contributed by atoms with E-state index in [0.29, 0.717) is 17.1 Å². The van der Waals surface area contributed by atoms with Crippen molar-refractivity contribution < 1.29 is 17.9 Å². The van der Waals surface area contributed by atoms with Crippen LogP contribution in [0.1, 0.15) is 24.8 Å². The number of piperidine rings is 1. The van der Waals surface area contributed by atoms with Gasteiger partial charge in [0.1, 0.15) is 5.75 Å². The van der Waals surface area contributed by atoms with E-state index in [4.69, 9.17) is 4.74 Å². The molecule has 1 fully saturated rings. The SMILES string of the molecule is Cc1ccc2c(c1)N(S(C)(=O)=O)C[C@H](C(=O)Nc1ccc(N3CCCCC3)cc1)O2. The van der Waals surface area contributed by atoms with Gasteiger partial charge < -0.3 is 15.0 Å². The summed E-state index contributed by atoms with van der Waals surface area (Å²) in [5.41, 5.74) is 3.19. The molecule has 2 heterocycles. The maximum atomic E-state index is 12.8. The quantitative estimate of drug-likeness (QED) is 0.808. The summed E-state index contributed by atoms with van der Waals surface area (Å²) >= 11 is 0. The fourth-order valence-corrected chi connectivity index (χ4v) is 4.85. The Kier molecular flexibility index (Phi) is 5.60. The van der Waals surface area contributed by atoms with E-state index in [1.165, 1.54) is 23.6 Å². The van der Waals surface area contributed by atoms with Gasteiger partial charge in [0.15, 0.2) is 6.10 Å². The summed E-state index contributed by atoms with van der Waals surface area (Å²) in [6, 6.07) is 13.0. The smallest absolute Gasteiger partial charge is 0.267 e. The molecule has 0 aromatic heterocycles. The minimum atomic E-state index is -3.55. The molecule has 160 valence electrons. The Morgan fingerprint density at radius 1 is 1.07 bits per heavy atom. The first-order valence-electron chi connectivity index (χ1n) is 10.2. The standard InChI is InChI=1S/C22H27N3O4S/c1-16-6-11-20-19(14-16)25(30(2,27)28)15-21(29-20)22(26)23-17-7-9-18(10-8-17)24-12-4-3-5-13-24/h6-11,14,21H,3-5,12-13,15H2,1-2H3,(H,23,26)/t21-/m1/s1. The summed E-state index contributed by atoms with van der Waals surface area (Å²) < 4.78 is 31.7. The van der Waals surface area contributed by atoms with Crippen molar-refractivity contribution in [2.75, 3.05) is 40.4 Å². The van der Waals surface area contributed by atoms with Gasteiger partial charge in [0.05, 0.1) is 18.5 Å². The van der Waals surface area contributed by atoms with Gasteiger partial charge in [-0.1, -0.05) is 6.07 Å². The van der Waals surface area contributed by atoms with Gasteiger partial charge in [-0.3, -0.25) is 9.10 Å². The van der Waals surface area contributed by atoms with Crippen molar-refractivity contribution in [2.45, 2.75) is 32.3 Å². The van der Waals surface area contributed by atoms with Crippen LogP contribution in [0.25, 0.3) is 0 Å². The number of nitrogens with zero attached hydrogens (tertiary/aromatic N) is 2. The van der Waals surface area contributed by atoms with Gasteiger partial charge in [-0.05, 0) is 68.1 Å². The number of carbonyl (C=O) groups excluding carboxylic acids is 1. The number of fused-ring (bicyclic) bond motifs is 1. The van der Waals surface area contributed by atoms with Gasteiger partial charge in [0.25, 0.3) is 5.91 Å². The zero-order valence-corrected chi connectivity index (χ0v) is 18.1. The van der Waals surface area contributed by atoms with Gasteiger partial charge in [-0.2, -0.15) is 0 Å². The van der Waals surface area contributed by atoms with E-state index in [2.05, 4.69) is 10.2 Å². The predicted molar refractivity (Wildman–Crippen MR) is 119 cm³/mol. The molecule has 0 radical (unpaired) electrons. The highest BCUT2D eigenvalue weighted by Gasteiger charge is 2.35. The molecule has 2 aliphatic rings. The molecule has 0 bridgehead atoms. The van der Waals surface area contributed by atoms with Crippen molar-refractivity contribution in [3.63, 3.8) is 0 Å². The number of aryl methyl sites for hydroxylation is 1. The summed E-state index contributed by atoms with van der Waals surface area (Å²) in [6.07, 6.45) is 3.89. The Morgan fingerprint density at radius 2 is 1.77 bits per heavy atom. The zero-order valence-electron chi connectivity index (χ0n) is 17.3. The molecule has 2 aliphatic heterocycles. The second kappa shape index (κ2) is 8.18. The lowest BCUT2D eigenvalue weighted by molar-refractivity contribution is -0.122. The maximum Gasteiger partial charge on any atom is 0.267 e. The summed E-state index contributed by atoms with van der Waals surface area (Å²) in [6.45, 7) is 3.93. The summed E-state index contributed by atoms with van der Waals surface area (Å²) in [5.74, 6) is 0.0125. The second-order valence-electron chi connectivity index (χ2n) is 7.96. The van der Waals surface area contributed by atoms with E-state index in [-0.39, 0.29) is 12.5 Å². The lowest BCUT2D eigenvalue weighted by Crippen LogP contribution is -2.48. The van der Waals surface area contributed by atoms with Crippen molar-refractivity contribution in [3.8, 4) is 5.75 Å². The first-order valence-corrected chi connectivity index (χ1v) is 12.1. The molecule has 2 aromatic rings. The van der Waals surface area contributed by atoms with Crippen LogP contribution in [0.3, 0.4) is 0 Å². The van der Waals surface area contributed by atoms with Crippen LogP contribution in [0.2, 0.25) is 0 Å². The van der Waals surface area contributed by atoms with Crippen LogP contribution < -0.4 is 19.3 Å². The molecule has 0 saturated carbocycles. The molecule has 0 aliphatic carbocycles. The Balaban J connectivity index is 1.49. The Labute approximate surface area is 177 Å². The number of nitrogens with one attached hydrogen (secondary N) is 1. The van der Waals surface area contributed by atoms with Crippen molar-refractivity contribution in [1.29, 1.82) is 0 Å². The average molecular weight is 430 g/mol. The number of amides is 1. The first-order chi connectivity index (χ1) is 14.3. The third-order valence-electron chi connectivity index (χ3n) is 5.53. The Bertz CT molecular complexity index is 1030. The van der Waals surface area contributed by atoms with E-state index in [0.717, 1.165) is 30.6 Å². The number of hydrogen-bond acceptors (Lipinski definition) is 5. The Hall–Kier alpha value is -2.74. The molecule has 30 heavy (non-hydrogen) atoms. The molecule has 1 saturated heterocycles. The number of benzene rings is 2. The third kappa shape index (κ3) is 4.38. The summed E-state index contributed by atoms with van der Waals surface area (Å²) in [7, 11) is -3.55. The van der Waals surface area contributed by atoms with E-state index in [1.54, 1.807) is 12.1 Å². The molecular formula is C22H27N3O4S. The highest BCUT2D eigenvalue weighted by molar-refractivity contribution is 7.92. The fourth-order valence-electron chi connectivity index (χ4n) is 3.94. The van der Waals surface area contributed by atoms with Gasteiger partial charge in [-0.15, -0.1) is 0 Å². The number of hydrogen-bond donors (Lipinski definition) is 1. The average Bonchev–Trinajstić information content (AvgIpc) is 2.73. The highest BCUT2D eigenvalue weighted by Crippen LogP contribution is 2.36. The van der Waals surface area contributed by atoms with E-state index in [9.17, 15) is 13.2 Å². The molecule has 1 amide bonds. The monoisotopic (exact) mass is 429 g/mol. The number of ether oxygens (including phenoxy) is 1. The van der Waals surface area contributed by atoms with E-state index >= 15 is 0 Å². The highest BCUT2D eigenvalue weighted by atomic mass is 32.2. The van der Waals surface area contributed by atoms with Crippen molar-refractivity contribution >= 4 is 33.0 Å². The molecule has 8 heteroatoms. The molecule has 1 atom stereocenters. The lowest BCUT2D eigenvalue weighted by atomic mass is 10.1. The third-order valence-corrected chi connectivity index (χ3v) is 6.68. The molecule has 0 spiro atoms. The lowest BCUT2D eigenvalue weighted by Gasteiger charge is -2.34. The van der Waals surface area contributed by atoms with Crippen LogP contribution in [0.4, 0.5) is 17.1 Å². The minimum Gasteiger partial charge on any atom is -0.476 e. The van der Waals surface area contributed by atoms with Crippen molar-refractivity contribution in [3.05, 3.63) is 48.0 Å². The molecule has 0 unspecified atom stereocenters. The topological polar surface area (TPSA) is 79.0 Å². The van der Waals surface area contributed by atoms with Gasteiger partial charge in [0.2, 0.25) is 10.0 Å². The van der Waals surface area contributed by atoms with Gasteiger partial charge >= 0.3 is 0 Å². The molecule has 4 rings (SSSR count). The normalized spacial score (nSPS) is 19.1. The number of carbonyl (C=O) groups is 1. The van der Waals surface area contributed by atoms with Crippen LogP contribution in [-0.2, 0) is 14.8 Å². The van der Waals surface area contributed by atoms with Crippen molar-refractivity contribution in [1.82, 2.24) is 0 Å². The number of anilines is 3. The molecule has 2 aromatic carbocycles. The molecule has 1 N–H and O–H groups in total. The largest absolute Gasteiger partial charge is 0.476 e. The van der Waals surface area contributed by atoms with Gasteiger partial charge in [0, 0.05) is 24.5 Å². The van der Waals surface area contributed by atoms with E-state index in [1.807, 2.05) is 37.3 Å². The van der Waals surface area contributed by atoms with Crippen LogP contribution in [0.15, 0.2) is 42.5 Å². The van der Waals surface area contributed by atoms with E-state index < -0.39 is 16.1 Å². The predicted octanol–water partition coefficient (Wildman–Crippen LogP) is 3.15. The maximum absolute atomic E-state index is 12.8. The minimum absolute atomic E-state index is 0.0625. The Morgan fingerprint density at radius 3 is 2.43 bits per heavy atom. The van der Waals surface area contributed by atoms with Crippen LogP contribution >= 0.6 is 0 Å². The zero-order chi connectivity index (χ0) is 21.3. The molecule has 7 nitrogen and oxygen atoms in total. The first kappa shape index (κ1) is 20.5. The van der Waals surface area contributed by atoms with Gasteiger partial charge in [-0.25, -0.2) is 8.42 Å². The van der Waals surface area contributed by atoms with Crippen LogP contribution in [0, 0.1) is 6.92 Å². The fraction of sp³-hybridized carbons (Fsp3) is 0.409. The summed E-state index contributed by atoms with van der Waals surface area (Å²) in [5, 5.41) is 2.85. The number of sulfonamides is 1. The second-order valence-corrected chi connectivity index (χ2v) is 9.86. The molecular weight excluding hydrogens is 402 g/mol. The van der Waals surface area contributed by atoms with Crippen molar-refractivity contribution in [2.24, 2.45) is 0 Å². The van der Waals surface area contributed by atoms with Crippen LogP contribution in [0.5, 0.6) is 5.75 Å².